The van der Waals surface area contributed by atoms with Gasteiger partial charge in [-0.25, -0.2) is 0 Å². The van der Waals surface area contributed by atoms with Crippen molar-refractivity contribution < 1.29 is 19.0 Å². The number of carbonyl (C=O) groups is 1. The zero-order valence-corrected chi connectivity index (χ0v) is 10.5. The van der Waals surface area contributed by atoms with Crippen molar-refractivity contribution in [1.29, 1.82) is 0 Å². The first-order chi connectivity index (χ1) is 8.22. The van der Waals surface area contributed by atoms with E-state index in [4.69, 9.17) is 14.2 Å². The van der Waals surface area contributed by atoms with Gasteiger partial charge in [-0.1, -0.05) is 19.3 Å². The second-order valence-electron chi connectivity index (χ2n) is 4.65. The van der Waals surface area contributed by atoms with Gasteiger partial charge in [-0.05, 0) is 25.0 Å². The summed E-state index contributed by atoms with van der Waals surface area (Å²) >= 11 is 0. The molecule has 0 aromatic heterocycles. The summed E-state index contributed by atoms with van der Waals surface area (Å²) in [5.74, 6) is -1.12. The quantitative estimate of drug-likeness (QED) is 0.705. The highest BCUT2D eigenvalue weighted by atomic mass is 16.8. The third-order valence-corrected chi connectivity index (χ3v) is 3.62. The third kappa shape index (κ3) is 2.44. The van der Waals surface area contributed by atoms with Crippen molar-refractivity contribution in [3.05, 3.63) is 12.2 Å². The zero-order chi connectivity index (χ0) is 12.3. The fourth-order valence-corrected chi connectivity index (χ4v) is 2.59. The molecular weight excluding hydrogens is 220 g/mol. The van der Waals surface area contributed by atoms with E-state index >= 15 is 0 Å². The molecule has 4 nitrogen and oxygen atoms in total. The lowest BCUT2D eigenvalue weighted by Gasteiger charge is -2.31. The molecule has 0 amide bonds. The van der Waals surface area contributed by atoms with Gasteiger partial charge in [0.1, 0.15) is 0 Å². The van der Waals surface area contributed by atoms with E-state index in [1.807, 2.05) is 0 Å². The summed E-state index contributed by atoms with van der Waals surface area (Å²) in [6.07, 6.45) is 8.27. The molecule has 0 radical (unpaired) electrons. The average Bonchev–Trinajstić information content (AvgIpc) is 2.84. The van der Waals surface area contributed by atoms with Gasteiger partial charge >= 0.3 is 0 Å². The molecule has 17 heavy (non-hydrogen) atoms. The minimum absolute atomic E-state index is 0.0375. The first-order valence-electron chi connectivity index (χ1n) is 6.21. The summed E-state index contributed by atoms with van der Waals surface area (Å²) in [4.78, 5) is 12.5. The Morgan fingerprint density at radius 1 is 1.29 bits per heavy atom. The molecule has 2 rings (SSSR count). The Morgan fingerprint density at radius 3 is 2.53 bits per heavy atom. The second kappa shape index (κ2) is 5.29. The van der Waals surface area contributed by atoms with Gasteiger partial charge < -0.3 is 14.2 Å². The highest BCUT2D eigenvalue weighted by Gasteiger charge is 2.46. The highest BCUT2D eigenvalue weighted by Crippen LogP contribution is 2.34. The molecule has 2 unspecified atom stereocenters. The normalized spacial score (nSPS) is 34.1. The summed E-state index contributed by atoms with van der Waals surface area (Å²) in [6, 6.07) is 0. The lowest BCUT2D eigenvalue weighted by molar-refractivity contribution is -0.237. The first-order valence-corrected chi connectivity index (χ1v) is 6.21. The molecule has 1 aliphatic heterocycles. The fourth-order valence-electron chi connectivity index (χ4n) is 2.59. The lowest BCUT2D eigenvalue weighted by atomic mass is 9.83. The molecule has 0 N–H and O–H groups in total. The largest absolute Gasteiger partial charge is 0.352 e. The van der Waals surface area contributed by atoms with Gasteiger partial charge in [0.15, 0.2) is 12.1 Å². The number of carbonyl (C=O) groups excluding carboxylic acids is 1. The third-order valence-electron chi connectivity index (χ3n) is 3.62. The summed E-state index contributed by atoms with van der Waals surface area (Å²) in [6.45, 7) is 0. The number of ether oxygens (including phenoxy) is 3. The molecule has 1 aliphatic carbocycles. The van der Waals surface area contributed by atoms with Crippen molar-refractivity contribution in [3.8, 4) is 0 Å². The Morgan fingerprint density at radius 2 is 2.00 bits per heavy atom. The highest BCUT2D eigenvalue weighted by molar-refractivity contribution is 5.90. The fraction of sp³-hybridized carbons (Fsp3) is 0.769. The minimum atomic E-state index is -1.22. The van der Waals surface area contributed by atoms with Gasteiger partial charge in [-0.15, -0.1) is 0 Å². The van der Waals surface area contributed by atoms with Crippen molar-refractivity contribution in [2.24, 2.45) is 5.92 Å². The maximum atomic E-state index is 12.5. The smallest absolute Gasteiger partial charge is 0.251 e. The SMILES string of the molecule is COC1C=CC(OC)(C(=O)C2CCCCC2)O1. The topological polar surface area (TPSA) is 44.8 Å². The van der Waals surface area contributed by atoms with E-state index in [9.17, 15) is 4.79 Å². The second-order valence-corrected chi connectivity index (χ2v) is 4.65. The van der Waals surface area contributed by atoms with Crippen LogP contribution in [0.25, 0.3) is 0 Å². The van der Waals surface area contributed by atoms with Gasteiger partial charge in [-0.3, -0.25) is 4.79 Å². The molecule has 0 aromatic carbocycles. The number of rotatable bonds is 4. The summed E-state index contributed by atoms with van der Waals surface area (Å²) < 4.78 is 15.9. The van der Waals surface area contributed by atoms with E-state index in [1.165, 1.54) is 13.5 Å². The van der Waals surface area contributed by atoms with E-state index in [-0.39, 0.29) is 11.7 Å². The molecule has 0 spiro atoms. The maximum Gasteiger partial charge on any atom is 0.251 e. The molecule has 0 saturated heterocycles. The Balaban J connectivity index is 2.08. The summed E-state index contributed by atoms with van der Waals surface area (Å²) in [5, 5.41) is 0. The van der Waals surface area contributed by atoms with E-state index in [0.717, 1.165) is 25.7 Å². The molecule has 1 fully saturated rings. The standard InChI is InChI=1S/C13H20O4/c1-15-11-8-9-13(16-2,17-11)12(14)10-6-4-3-5-7-10/h8-11H,3-7H2,1-2H3. The Hall–Kier alpha value is -0.710. The number of Topliss-reactive ketones (excluding diaryl/α,β-unsaturated/α-hetero) is 1. The van der Waals surface area contributed by atoms with Crippen molar-refractivity contribution in [1.82, 2.24) is 0 Å². The molecule has 0 bridgehead atoms. The summed E-state index contributed by atoms with van der Waals surface area (Å²) in [7, 11) is 3.05. The average molecular weight is 240 g/mol. The van der Waals surface area contributed by atoms with Crippen molar-refractivity contribution in [2.45, 2.75) is 44.2 Å². The molecule has 1 saturated carbocycles. The predicted octanol–water partition coefficient (Wildman–Crippen LogP) is 2.04. The van der Waals surface area contributed by atoms with Crippen LogP contribution in [0.4, 0.5) is 0 Å². The van der Waals surface area contributed by atoms with E-state index in [2.05, 4.69) is 0 Å². The summed E-state index contributed by atoms with van der Waals surface area (Å²) in [5.41, 5.74) is 0. The predicted molar refractivity (Wildman–Crippen MR) is 62.3 cm³/mol. The van der Waals surface area contributed by atoms with Crippen LogP contribution < -0.4 is 0 Å². The number of ketones is 1. The molecule has 0 aromatic rings. The van der Waals surface area contributed by atoms with Gasteiger partial charge in [-0.2, -0.15) is 0 Å². The Bertz CT molecular complexity index is 307. The Labute approximate surface area is 102 Å². The first kappa shape index (κ1) is 12.7. The van der Waals surface area contributed by atoms with Crippen LogP contribution in [0.2, 0.25) is 0 Å². The van der Waals surface area contributed by atoms with Gasteiger partial charge in [0, 0.05) is 20.1 Å². The van der Waals surface area contributed by atoms with Crippen LogP contribution >= 0.6 is 0 Å². The lowest BCUT2D eigenvalue weighted by Crippen LogP contribution is -2.45. The molecule has 2 aliphatic rings. The van der Waals surface area contributed by atoms with Gasteiger partial charge in [0.25, 0.3) is 5.79 Å². The number of hydrogen-bond acceptors (Lipinski definition) is 4. The number of hydrogen-bond donors (Lipinski definition) is 0. The van der Waals surface area contributed by atoms with Crippen molar-refractivity contribution in [2.75, 3.05) is 14.2 Å². The van der Waals surface area contributed by atoms with Crippen LogP contribution in [0.3, 0.4) is 0 Å². The number of methoxy groups -OCH3 is 2. The van der Waals surface area contributed by atoms with Crippen molar-refractivity contribution >= 4 is 5.78 Å². The molecular formula is C13H20O4. The molecule has 2 atom stereocenters. The maximum absolute atomic E-state index is 12.5. The molecule has 1 heterocycles. The van der Waals surface area contributed by atoms with Crippen LogP contribution in [0.5, 0.6) is 0 Å². The van der Waals surface area contributed by atoms with Gasteiger partial charge in [0.05, 0.1) is 0 Å². The Kier molecular flexibility index (Phi) is 3.97. The van der Waals surface area contributed by atoms with Crippen LogP contribution in [0, 0.1) is 5.92 Å². The molecule has 96 valence electrons. The van der Waals surface area contributed by atoms with E-state index < -0.39 is 12.1 Å². The van der Waals surface area contributed by atoms with Crippen molar-refractivity contribution in [3.63, 3.8) is 0 Å². The van der Waals surface area contributed by atoms with Crippen LogP contribution in [-0.2, 0) is 19.0 Å². The van der Waals surface area contributed by atoms with E-state index in [0.29, 0.717) is 0 Å². The van der Waals surface area contributed by atoms with E-state index in [1.54, 1.807) is 19.3 Å². The van der Waals surface area contributed by atoms with Crippen LogP contribution in [0.15, 0.2) is 12.2 Å². The molecule has 4 heteroatoms. The minimum Gasteiger partial charge on any atom is -0.352 e. The van der Waals surface area contributed by atoms with Gasteiger partial charge in [0.2, 0.25) is 0 Å². The van der Waals surface area contributed by atoms with Crippen LogP contribution in [-0.4, -0.2) is 32.1 Å². The monoisotopic (exact) mass is 240 g/mol. The zero-order valence-electron chi connectivity index (χ0n) is 10.5. The van der Waals surface area contributed by atoms with Crippen LogP contribution in [0.1, 0.15) is 32.1 Å².